The molecular formula is C23H40Cl2MnN6S-4. The van der Waals surface area contributed by atoms with Gasteiger partial charge < -0.3 is 27.0 Å². The fourth-order valence-electron chi connectivity index (χ4n) is 4.95. The van der Waals surface area contributed by atoms with Crippen LogP contribution in [0.1, 0.15) is 65.6 Å². The number of thioether (sulfide) groups is 1. The molecule has 1 aromatic heterocycles. The van der Waals surface area contributed by atoms with Crippen molar-refractivity contribution in [3.05, 3.63) is 44.8 Å². The van der Waals surface area contributed by atoms with Crippen LogP contribution in [-0.4, -0.2) is 54.5 Å². The Morgan fingerprint density at radius 2 is 1.27 bits per heavy atom. The van der Waals surface area contributed by atoms with Crippen LogP contribution < -0.4 is 5.73 Å². The molecular weight excluding hydrogens is 518 g/mol. The van der Waals surface area contributed by atoms with Crippen LogP contribution >= 0.6 is 32.0 Å². The molecule has 2 saturated carbocycles. The van der Waals surface area contributed by atoms with Gasteiger partial charge in [0, 0.05) is 31.4 Å². The SMILES string of the molecule is NCCSc1cc2nc(c1)C[N-][C@@H]1CCCC[C@H]1[N-]CC[N-]C1CCCCC1[N-]C2.[Cl][Mn][Cl].[HH].[HH]. The second kappa shape index (κ2) is 16.2. The quantitative estimate of drug-likeness (QED) is 0.316. The van der Waals surface area contributed by atoms with Gasteiger partial charge in [-0.25, -0.2) is 0 Å². The first-order valence-electron chi connectivity index (χ1n) is 12.1. The Morgan fingerprint density at radius 3 is 1.70 bits per heavy atom. The first-order chi connectivity index (χ1) is 16.2. The molecule has 10 heteroatoms. The molecule has 0 radical (unpaired) electrons. The summed E-state index contributed by atoms with van der Waals surface area (Å²) in [4.78, 5) is 6.18. The molecule has 2 heterocycles. The molecule has 4 rings (SSSR count). The molecule has 1 aliphatic heterocycles. The Bertz CT molecular complexity index is 651. The average molecular weight is 559 g/mol. The molecule has 0 saturated heterocycles. The van der Waals surface area contributed by atoms with Crippen molar-refractivity contribution in [1.82, 2.24) is 4.98 Å². The summed E-state index contributed by atoms with van der Waals surface area (Å²) in [7, 11) is 9.59. The van der Waals surface area contributed by atoms with E-state index in [9.17, 15) is 0 Å². The van der Waals surface area contributed by atoms with Gasteiger partial charge in [0.15, 0.2) is 0 Å². The standard InChI is InChI=1S/C23H36N6S.2ClH.Mn.2H2/c24-9-12-30-19-13-17-15-27-22-7-3-1-5-20(22)25-10-11-26-21-6-2-4-8-23(21)28-16-18(14-19)29-17;;;;;/h13-14,20-23H,1-12,15-16,24H2;2*1H;;2*1H/q-4;;;+2;;/p-2/t20-,21?,22-,23?;;;;;/m1...../s1. The van der Waals surface area contributed by atoms with Gasteiger partial charge in [0.2, 0.25) is 0 Å². The Labute approximate surface area is 221 Å². The third-order valence-corrected chi connectivity index (χ3v) is 7.49. The summed E-state index contributed by atoms with van der Waals surface area (Å²) in [6.07, 6.45) is 9.71. The van der Waals surface area contributed by atoms with Crippen LogP contribution in [0, 0.1) is 0 Å². The van der Waals surface area contributed by atoms with Crippen molar-refractivity contribution in [3.63, 3.8) is 0 Å². The minimum Gasteiger partial charge on any atom is 0 e. The van der Waals surface area contributed by atoms with E-state index >= 15 is 0 Å². The molecule has 3 aliphatic rings. The van der Waals surface area contributed by atoms with Crippen molar-refractivity contribution in [2.45, 2.75) is 93.5 Å². The van der Waals surface area contributed by atoms with Crippen molar-refractivity contribution >= 4 is 32.0 Å². The van der Waals surface area contributed by atoms with Crippen LogP contribution in [0.25, 0.3) is 21.3 Å². The Kier molecular flexibility index (Phi) is 13.7. The van der Waals surface area contributed by atoms with E-state index in [1.807, 2.05) is 0 Å². The van der Waals surface area contributed by atoms with E-state index in [1.54, 1.807) is 11.8 Å². The van der Waals surface area contributed by atoms with E-state index in [1.165, 1.54) is 43.4 Å². The fourth-order valence-corrected chi connectivity index (χ4v) is 5.74. The summed E-state index contributed by atoms with van der Waals surface area (Å²) in [5.41, 5.74) is 7.86. The number of rotatable bonds is 3. The van der Waals surface area contributed by atoms with Crippen molar-refractivity contribution in [3.8, 4) is 0 Å². The van der Waals surface area contributed by atoms with Gasteiger partial charge >= 0.3 is 33.3 Å². The molecule has 4 atom stereocenters. The average Bonchev–Trinajstić information content (AvgIpc) is 2.84. The van der Waals surface area contributed by atoms with Crippen LogP contribution in [0.4, 0.5) is 0 Å². The van der Waals surface area contributed by atoms with Crippen LogP contribution in [0.2, 0.25) is 0 Å². The van der Waals surface area contributed by atoms with Gasteiger partial charge in [-0.2, -0.15) is 37.3 Å². The monoisotopic (exact) mass is 557 g/mol. The Hall–Kier alpha value is 0.399. The third kappa shape index (κ3) is 9.76. The fraction of sp³-hybridized carbons (Fsp3) is 0.783. The zero-order valence-electron chi connectivity index (χ0n) is 19.2. The van der Waals surface area contributed by atoms with Gasteiger partial charge in [0.25, 0.3) is 0 Å². The Balaban J connectivity index is 0.00000117. The van der Waals surface area contributed by atoms with Crippen molar-refractivity contribution in [2.75, 3.05) is 25.4 Å². The maximum atomic E-state index is 5.74. The number of nitrogens with two attached hydrogens (primary N) is 1. The van der Waals surface area contributed by atoms with E-state index in [2.05, 4.69) is 12.1 Å². The number of hydrogen-bond acceptors (Lipinski definition) is 3. The zero-order chi connectivity index (χ0) is 23.3. The molecule has 2 fully saturated rings. The third-order valence-electron chi connectivity index (χ3n) is 6.48. The molecule has 193 valence electrons. The predicted octanol–water partition coefficient (Wildman–Crippen LogP) is 7.13. The minimum absolute atomic E-state index is 0. The Morgan fingerprint density at radius 1 is 0.848 bits per heavy atom. The summed E-state index contributed by atoms with van der Waals surface area (Å²) >= 11 is 1.81. The van der Waals surface area contributed by atoms with E-state index in [0.29, 0.717) is 43.8 Å². The van der Waals surface area contributed by atoms with E-state index < -0.39 is 0 Å². The second-order valence-electron chi connectivity index (χ2n) is 8.81. The summed E-state index contributed by atoms with van der Waals surface area (Å²) < 4.78 is 0. The molecule has 0 aromatic carbocycles. The molecule has 0 spiro atoms. The summed E-state index contributed by atoms with van der Waals surface area (Å²) in [6.45, 7) is 3.72. The van der Waals surface area contributed by atoms with Gasteiger partial charge in [0.1, 0.15) is 0 Å². The molecule has 0 amide bonds. The summed E-state index contributed by atoms with van der Waals surface area (Å²) in [6, 6.07) is 5.78. The minimum atomic E-state index is 0. The normalized spacial score (nSPS) is 28.8. The topological polar surface area (TPSA) is 95.3 Å². The number of hydrogen-bond donors (Lipinski definition) is 1. The summed E-state index contributed by atoms with van der Waals surface area (Å²) in [5.74, 6) is 0.921. The van der Waals surface area contributed by atoms with Gasteiger partial charge in [-0.1, -0.05) is 51.4 Å². The molecule has 2 unspecified atom stereocenters. The van der Waals surface area contributed by atoms with Gasteiger partial charge in [-0.3, -0.25) is 4.98 Å². The maximum Gasteiger partial charge on any atom is 0 e. The first kappa shape index (κ1) is 28.0. The number of halogens is 2. The van der Waals surface area contributed by atoms with E-state index in [-0.39, 0.29) is 16.0 Å². The first-order valence-corrected chi connectivity index (χ1v) is 16.3. The van der Waals surface area contributed by atoms with E-state index in [0.717, 1.165) is 43.1 Å². The van der Waals surface area contributed by atoms with Gasteiger partial charge in [-0.15, -0.1) is 24.9 Å². The molecule has 33 heavy (non-hydrogen) atoms. The predicted molar refractivity (Wildman–Crippen MR) is 143 cm³/mol. The molecule has 1 aromatic rings. The van der Waals surface area contributed by atoms with Crippen molar-refractivity contribution in [1.29, 1.82) is 0 Å². The zero-order valence-corrected chi connectivity index (χ0v) is 22.7. The number of fused-ring (bicyclic) bond motifs is 4. The van der Waals surface area contributed by atoms with Crippen LogP contribution in [0.3, 0.4) is 0 Å². The molecule has 2 N–H and O–H groups in total. The van der Waals surface area contributed by atoms with Crippen LogP contribution in [-0.2, 0) is 26.2 Å². The molecule has 2 bridgehead atoms. The maximum absolute atomic E-state index is 5.74. The summed E-state index contributed by atoms with van der Waals surface area (Å²) in [5, 5.41) is 20.2. The molecule has 2 aliphatic carbocycles. The van der Waals surface area contributed by atoms with Crippen LogP contribution in [0.5, 0.6) is 0 Å². The van der Waals surface area contributed by atoms with Gasteiger partial charge in [0.05, 0.1) is 0 Å². The van der Waals surface area contributed by atoms with Crippen molar-refractivity contribution in [2.24, 2.45) is 5.73 Å². The van der Waals surface area contributed by atoms with E-state index in [4.69, 9.17) is 52.2 Å². The van der Waals surface area contributed by atoms with Crippen molar-refractivity contribution < 1.29 is 16.0 Å². The second-order valence-corrected chi connectivity index (χ2v) is 11.9. The van der Waals surface area contributed by atoms with Gasteiger partial charge in [-0.05, 0) is 12.1 Å². The largest absolute Gasteiger partial charge is 0 e. The van der Waals surface area contributed by atoms with Crippen LogP contribution in [0.15, 0.2) is 17.0 Å². The smallest absolute Gasteiger partial charge is 0 e. The number of aromatic nitrogens is 1. The number of pyridine rings is 1. The number of nitrogens with zero attached hydrogens (tertiary/aromatic N) is 5. The molecule has 6 nitrogen and oxygen atoms in total.